The molecule has 2 N–H and O–H groups in total. The summed E-state index contributed by atoms with van der Waals surface area (Å²) in [6.45, 7) is 8.58. The van der Waals surface area contributed by atoms with Gasteiger partial charge in [0.05, 0.1) is 0 Å². The summed E-state index contributed by atoms with van der Waals surface area (Å²) in [6.07, 6.45) is 2.21. The average Bonchev–Trinajstić information content (AvgIpc) is 2.79. The summed E-state index contributed by atoms with van der Waals surface area (Å²) < 4.78 is 0. The van der Waals surface area contributed by atoms with Gasteiger partial charge in [-0.2, -0.15) is 0 Å². The molecule has 2 aliphatic rings. The van der Waals surface area contributed by atoms with Gasteiger partial charge in [0, 0.05) is 18.5 Å². The standard InChI is InChI=1S/C12H22N2O.ClH/c1-8-4-5-13-7-10(8)14-11(15)9-6-12(9,2)3;/h8-10,13H,4-7H2,1-3H3,(H,14,15);1H. The number of rotatable bonds is 2. The van der Waals surface area contributed by atoms with E-state index in [1.54, 1.807) is 0 Å². The first-order chi connectivity index (χ1) is 7.00. The smallest absolute Gasteiger partial charge is 0.223 e. The van der Waals surface area contributed by atoms with Crippen molar-refractivity contribution >= 4 is 18.3 Å². The molecule has 0 aromatic heterocycles. The normalized spacial score (nSPS) is 36.1. The van der Waals surface area contributed by atoms with Crippen molar-refractivity contribution in [2.75, 3.05) is 13.1 Å². The predicted molar refractivity (Wildman–Crippen MR) is 67.7 cm³/mol. The van der Waals surface area contributed by atoms with Crippen LogP contribution in [0.4, 0.5) is 0 Å². The molecule has 0 radical (unpaired) electrons. The summed E-state index contributed by atoms with van der Waals surface area (Å²) in [4.78, 5) is 11.9. The van der Waals surface area contributed by atoms with Gasteiger partial charge in [0.1, 0.15) is 0 Å². The van der Waals surface area contributed by atoms with Gasteiger partial charge in [-0.3, -0.25) is 4.79 Å². The molecular weight excluding hydrogens is 224 g/mol. The van der Waals surface area contributed by atoms with Crippen LogP contribution in [-0.4, -0.2) is 25.0 Å². The second kappa shape index (κ2) is 4.92. The zero-order valence-electron chi connectivity index (χ0n) is 10.4. The molecule has 1 saturated heterocycles. The van der Waals surface area contributed by atoms with Crippen LogP contribution < -0.4 is 10.6 Å². The monoisotopic (exact) mass is 246 g/mol. The van der Waals surface area contributed by atoms with Gasteiger partial charge in [-0.1, -0.05) is 20.8 Å². The number of amides is 1. The van der Waals surface area contributed by atoms with E-state index in [0.29, 0.717) is 12.0 Å². The molecule has 0 bridgehead atoms. The van der Waals surface area contributed by atoms with Crippen molar-refractivity contribution in [3.63, 3.8) is 0 Å². The Morgan fingerprint density at radius 2 is 2.06 bits per heavy atom. The van der Waals surface area contributed by atoms with E-state index in [1.807, 2.05) is 0 Å². The van der Waals surface area contributed by atoms with E-state index in [1.165, 1.54) is 6.42 Å². The number of nitrogens with one attached hydrogen (secondary N) is 2. The molecule has 0 aromatic rings. The topological polar surface area (TPSA) is 41.1 Å². The van der Waals surface area contributed by atoms with Crippen molar-refractivity contribution < 1.29 is 4.79 Å². The molecule has 2 fully saturated rings. The van der Waals surface area contributed by atoms with Crippen LogP contribution in [0.3, 0.4) is 0 Å². The minimum atomic E-state index is 0. The highest BCUT2D eigenvalue weighted by atomic mass is 35.5. The predicted octanol–water partition coefficient (Wildman–Crippen LogP) is 1.57. The number of piperidine rings is 1. The molecule has 1 amide bonds. The van der Waals surface area contributed by atoms with E-state index in [9.17, 15) is 4.79 Å². The van der Waals surface area contributed by atoms with Crippen LogP contribution in [0, 0.1) is 17.3 Å². The van der Waals surface area contributed by atoms with Gasteiger partial charge in [-0.15, -0.1) is 12.4 Å². The Balaban J connectivity index is 0.00000128. The van der Waals surface area contributed by atoms with Crippen molar-refractivity contribution in [1.29, 1.82) is 0 Å². The zero-order chi connectivity index (χ0) is 11.1. The van der Waals surface area contributed by atoms with Crippen molar-refractivity contribution in [3.05, 3.63) is 0 Å². The molecule has 2 rings (SSSR count). The summed E-state index contributed by atoms with van der Waals surface area (Å²) in [5.41, 5.74) is 0.245. The van der Waals surface area contributed by atoms with Gasteiger partial charge >= 0.3 is 0 Å². The second-order valence-electron chi connectivity index (χ2n) is 5.83. The fraction of sp³-hybridized carbons (Fsp3) is 0.917. The fourth-order valence-electron chi connectivity index (χ4n) is 2.38. The summed E-state index contributed by atoms with van der Waals surface area (Å²) in [7, 11) is 0. The van der Waals surface area contributed by atoms with Crippen LogP contribution >= 0.6 is 12.4 Å². The Hall–Kier alpha value is -0.280. The number of carbonyl (C=O) groups is 1. The van der Waals surface area contributed by atoms with Crippen molar-refractivity contribution in [3.8, 4) is 0 Å². The second-order valence-corrected chi connectivity index (χ2v) is 5.83. The van der Waals surface area contributed by atoms with E-state index in [2.05, 4.69) is 31.4 Å². The maximum atomic E-state index is 11.9. The highest BCUT2D eigenvalue weighted by Gasteiger charge is 2.50. The molecule has 3 unspecified atom stereocenters. The molecule has 0 spiro atoms. The van der Waals surface area contributed by atoms with E-state index < -0.39 is 0 Å². The van der Waals surface area contributed by atoms with Crippen LogP contribution in [0.1, 0.15) is 33.6 Å². The van der Waals surface area contributed by atoms with E-state index >= 15 is 0 Å². The third-order valence-electron chi connectivity index (χ3n) is 3.99. The lowest BCUT2D eigenvalue weighted by Crippen LogP contribution is -2.50. The average molecular weight is 247 g/mol. The van der Waals surface area contributed by atoms with Crippen molar-refractivity contribution in [1.82, 2.24) is 10.6 Å². The van der Waals surface area contributed by atoms with Crippen LogP contribution in [0.25, 0.3) is 0 Å². The Labute approximate surface area is 104 Å². The lowest BCUT2D eigenvalue weighted by atomic mass is 9.94. The largest absolute Gasteiger partial charge is 0.352 e. The van der Waals surface area contributed by atoms with Gasteiger partial charge < -0.3 is 10.6 Å². The first-order valence-electron chi connectivity index (χ1n) is 6.02. The molecule has 4 heteroatoms. The van der Waals surface area contributed by atoms with Crippen LogP contribution in [0.5, 0.6) is 0 Å². The Morgan fingerprint density at radius 3 is 2.56 bits per heavy atom. The highest BCUT2D eigenvalue weighted by molar-refractivity contribution is 5.85. The molecule has 94 valence electrons. The molecule has 1 heterocycles. The minimum absolute atomic E-state index is 0. The lowest BCUT2D eigenvalue weighted by Gasteiger charge is -2.30. The summed E-state index contributed by atoms with van der Waals surface area (Å²) in [5.74, 6) is 1.13. The third-order valence-corrected chi connectivity index (χ3v) is 3.99. The Kier molecular flexibility index (Phi) is 4.24. The van der Waals surface area contributed by atoms with Gasteiger partial charge in [-0.25, -0.2) is 0 Å². The van der Waals surface area contributed by atoms with Gasteiger partial charge in [0.15, 0.2) is 0 Å². The van der Waals surface area contributed by atoms with Gasteiger partial charge in [0.25, 0.3) is 0 Å². The molecule has 16 heavy (non-hydrogen) atoms. The first kappa shape index (κ1) is 13.8. The maximum Gasteiger partial charge on any atom is 0.223 e. The van der Waals surface area contributed by atoms with Gasteiger partial charge in [-0.05, 0) is 30.7 Å². The summed E-state index contributed by atoms with van der Waals surface area (Å²) >= 11 is 0. The lowest BCUT2D eigenvalue weighted by molar-refractivity contribution is -0.124. The van der Waals surface area contributed by atoms with Crippen LogP contribution in [0.2, 0.25) is 0 Å². The maximum absolute atomic E-state index is 11.9. The van der Waals surface area contributed by atoms with E-state index in [4.69, 9.17) is 0 Å². The zero-order valence-corrected chi connectivity index (χ0v) is 11.2. The number of carbonyl (C=O) groups excluding carboxylic acids is 1. The van der Waals surface area contributed by atoms with Crippen molar-refractivity contribution in [2.24, 2.45) is 17.3 Å². The van der Waals surface area contributed by atoms with E-state index in [-0.39, 0.29) is 29.6 Å². The highest BCUT2D eigenvalue weighted by Crippen LogP contribution is 2.51. The molecule has 3 nitrogen and oxygen atoms in total. The van der Waals surface area contributed by atoms with Gasteiger partial charge in [0.2, 0.25) is 5.91 Å². The fourth-order valence-corrected chi connectivity index (χ4v) is 2.38. The molecule has 1 aliphatic carbocycles. The Bertz CT molecular complexity index is 268. The number of halogens is 1. The first-order valence-corrected chi connectivity index (χ1v) is 6.02. The Morgan fingerprint density at radius 1 is 1.44 bits per heavy atom. The number of hydrogen-bond donors (Lipinski definition) is 2. The number of hydrogen-bond acceptors (Lipinski definition) is 2. The molecule has 1 aliphatic heterocycles. The third kappa shape index (κ3) is 2.89. The van der Waals surface area contributed by atoms with E-state index in [0.717, 1.165) is 19.5 Å². The molecule has 1 saturated carbocycles. The molecule has 3 atom stereocenters. The SMILES string of the molecule is CC1CCNCC1NC(=O)C1CC1(C)C.Cl. The quantitative estimate of drug-likeness (QED) is 0.777. The molecule has 0 aromatic carbocycles. The van der Waals surface area contributed by atoms with Crippen LogP contribution in [-0.2, 0) is 4.79 Å². The minimum Gasteiger partial charge on any atom is -0.352 e. The van der Waals surface area contributed by atoms with Crippen LogP contribution in [0.15, 0.2) is 0 Å². The summed E-state index contributed by atoms with van der Waals surface area (Å²) in [6, 6.07) is 0.336. The summed E-state index contributed by atoms with van der Waals surface area (Å²) in [5, 5.41) is 6.52. The van der Waals surface area contributed by atoms with Crippen molar-refractivity contribution in [2.45, 2.75) is 39.7 Å². The molecular formula is C12H23ClN2O.